The number of phenols is 1. The number of benzene rings is 1. The van der Waals surface area contributed by atoms with Crippen molar-refractivity contribution in [2.75, 3.05) is 14.1 Å². The summed E-state index contributed by atoms with van der Waals surface area (Å²) in [5.74, 6) is -7.87. The lowest BCUT2D eigenvalue weighted by Gasteiger charge is -2.50. The van der Waals surface area contributed by atoms with E-state index < -0.39 is 64.0 Å². The van der Waals surface area contributed by atoms with Gasteiger partial charge in [0.15, 0.2) is 11.4 Å². The average molecular weight is 483 g/mol. The molecule has 3 aliphatic carbocycles. The molecule has 4 atom stereocenters. The van der Waals surface area contributed by atoms with Crippen LogP contribution >= 0.6 is 0 Å². The Balaban J connectivity index is 1.96. The van der Waals surface area contributed by atoms with E-state index in [0.29, 0.717) is 11.1 Å². The van der Waals surface area contributed by atoms with Crippen molar-refractivity contribution in [3.8, 4) is 5.75 Å². The van der Waals surface area contributed by atoms with E-state index in [-0.39, 0.29) is 29.7 Å². The van der Waals surface area contributed by atoms with Crippen molar-refractivity contribution in [2.45, 2.75) is 24.5 Å². The van der Waals surface area contributed by atoms with E-state index in [1.54, 1.807) is 0 Å². The van der Waals surface area contributed by atoms with E-state index >= 15 is 0 Å². The summed E-state index contributed by atoms with van der Waals surface area (Å²) in [4.78, 5) is 51.4. The number of hydrogen-bond donors (Lipinski definition) is 6. The summed E-state index contributed by atoms with van der Waals surface area (Å²) in [5, 5.41) is 43.9. The Labute approximate surface area is 199 Å². The molecule has 1 aromatic rings. The first-order valence-corrected chi connectivity index (χ1v) is 10.8. The molecule has 11 heteroatoms. The van der Waals surface area contributed by atoms with Crippen molar-refractivity contribution < 1.29 is 39.6 Å². The number of primary amides is 2. The van der Waals surface area contributed by atoms with Crippen LogP contribution in [-0.4, -0.2) is 74.4 Å². The van der Waals surface area contributed by atoms with Crippen molar-refractivity contribution in [1.29, 1.82) is 0 Å². The minimum absolute atomic E-state index is 0.0274. The molecule has 0 aromatic heterocycles. The molecule has 3 aliphatic rings. The van der Waals surface area contributed by atoms with E-state index in [1.165, 1.54) is 37.2 Å². The first kappa shape index (κ1) is 24.2. The largest absolute Gasteiger partial charge is 0.508 e. The van der Waals surface area contributed by atoms with E-state index in [2.05, 4.69) is 0 Å². The molecule has 35 heavy (non-hydrogen) atoms. The number of nitrogens with two attached hydrogens (primary N) is 2. The number of aliphatic hydroxyl groups excluding tert-OH is 2. The molecule has 0 aliphatic heterocycles. The molecular formula is C24H25N3O8. The second kappa shape index (κ2) is 8.07. The molecular weight excluding hydrogens is 458 g/mol. The minimum Gasteiger partial charge on any atom is -0.508 e. The zero-order valence-corrected chi connectivity index (χ0v) is 19.0. The number of carbonyl (C=O) groups is 4. The number of hydrogen-bond acceptors (Lipinski definition) is 9. The molecule has 0 heterocycles. The monoisotopic (exact) mass is 483 g/mol. The van der Waals surface area contributed by atoms with Crippen LogP contribution in [0.4, 0.5) is 0 Å². The van der Waals surface area contributed by atoms with Crippen LogP contribution in [0.5, 0.6) is 5.75 Å². The number of aromatic hydroxyl groups is 1. The quantitative estimate of drug-likeness (QED) is 0.240. The Kier molecular flexibility index (Phi) is 5.57. The molecule has 0 unspecified atom stereocenters. The topological polar surface area (TPSA) is 204 Å². The normalized spacial score (nSPS) is 28.3. The van der Waals surface area contributed by atoms with Crippen LogP contribution in [0.3, 0.4) is 0 Å². The molecule has 0 spiro atoms. The Morgan fingerprint density at radius 2 is 1.80 bits per heavy atom. The molecule has 2 amide bonds. The molecule has 184 valence electrons. The summed E-state index contributed by atoms with van der Waals surface area (Å²) >= 11 is 0. The fourth-order valence-electron chi connectivity index (χ4n) is 5.60. The summed E-state index contributed by atoms with van der Waals surface area (Å²) in [6, 6.07) is 1.63. The van der Waals surface area contributed by atoms with E-state index in [4.69, 9.17) is 11.5 Å². The van der Waals surface area contributed by atoms with Crippen molar-refractivity contribution in [1.82, 2.24) is 4.90 Å². The second-order valence-electron chi connectivity index (χ2n) is 9.22. The van der Waals surface area contributed by atoms with Crippen molar-refractivity contribution >= 4 is 35.2 Å². The summed E-state index contributed by atoms with van der Waals surface area (Å²) in [5.41, 5.74) is 7.52. The third-order valence-corrected chi connectivity index (χ3v) is 7.07. The number of ketones is 2. The molecule has 0 saturated heterocycles. The van der Waals surface area contributed by atoms with E-state index in [9.17, 15) is 39.6 Å². The van der Waals surface area contributed by atoms with Gasteiger partial charge in [-0.1, -0.05) is 6.07 Å². The van der Waals surface area contributed by atoms with Gasteiger partial charge in [0, 0.05) is 17.6 Å². The Morgan fingerprint density at radius 3 is 2.37 bits per heavy atom. The van der Waals surface area contributed by atoms with Crippen LogP contribution < -0.4 is 11.5 Å². The highest BCUT2D eigenvalue weighted by Crippen LogP contribution is 2.52. The number of aliphatic hydroxyl groups is 3. The van der Waals surface area contributed by atoms with Gasteiger partial charge in [-0.25, -0.2) is 0 Å². The first-order valence-electron chi connectivity index (χ1n) is 10.8. The first-order chi connectivity index (χ1) is 16.3. The smallest absolute Gasteiger partial charge is 0.255 e. The fourth-order valence-corrected chi connectivity index (χ4v) is 5.60. The van der Waals surface area contributed by atoms with Gasteiger partial charge in [-0.3, -0.25) is 24.1 Å². The third-order valence-electron chi connectivity index (χ3n) is 7.07. The highest BCUT2D eigenvalue weighted by atomic mass is 16.3. The Hall–Kier alpha value is -3.96. The lowest BCUT2D eigenvalue weighted by Crippen LogP contribution is -2.65. The molecule has 1 saturated carbocycles. The van der Waals surface area contributed by atoms with Crippen LogP contribution in [0.15, 0.2) is 35.1 Å². The summed E-state index contributed by atoms with van der Waals surface area (Å²) in [6.45, 7) is 0. The Morgan fingerprint density at radius 1 is 1.14 bits per heavy atom. The van der Waals surface area contributed by atoms with Gasteiger partial charge in [-0.2, -0.15) is 0 Å². The van der Waals surface area contributed by atoms with Crippen molar-refractivity contribution in [2.24, 2.45) is 23.3 Å². The molecule has 4 rings (SSSR count). The van der Waals surface area contributed by atoms with Gasteiger partial charge in [-0.05, 0) is 56.1 Å². The number of amides is 2. The Bertz CT molecular complexity index is 1290. The lowest BCUT2D eigenvalue weighted by molar-refractivity contribution is -0.153. The summed E-state index contributed by atoms with van der Waals surface area (Å²) in [7, 11) is 3.05. The van der Waals surface area contributed by atoms with Crippen molar-refractivity contribution in [3.63, 3.8) is 0 Å². The van der Waals surface area contributed by atoms with Gasteiger partial charge >= 0.3 is 0 Å². The van der Waals surface area contributed by atoms with Gasteiger partial charge < -0.3 is 31.9 Å². The maximum absolute atomic E-state index is 13.7. The highest BCUT2D eigenvalue weighted by Gasteiger charge is 2.64. The van der Waals surface area contributed by atoms with Gasteiger partial charge in [0.2, 0.25) is 11.7 Å². The van der Waals surface area contributed by atoms with E-state index in [1.807, 2.05) is 0 Å². The number of carbonyl (C=O) groups excluding carboxylic acids is 4. The molecule has 1 aromatic carbocycles. The van der Waals surface area contributed by atoms with Gasteiger partial charge in [0.1, 0.15) is 22.8 Å². The minimum atomic E-state index is -2.69. The number of Topliss-reactive ketones (excluding diaryl/α,β-unsaturated/α-hetero) is 2. The van der Waals surface area contributed by atoms with Crippen LogP contribution in [0.25, 0.3) is 11.8 Å². The standard InChI is InChI=1S/C24H25N3O8/c1-27(2)18-12-8-10-7-11-9(4-6-14(25)29)3-5-13(28)16(11)19(30)15(10)21(32)24(12,35)22(33)17(20(18)31)23(26)34/h3-6,10,12,18,28,30,33,35H,7-8H2,1-2H3,(H2,25,29)(H2,26,34)/b6-4+/t10-,12-,18-,24-/m0/s1. The molecule has 0 radical (unpaired) electrons. The third kappa shape index (κ3) is 3.34. The molecule has 0 bridgehead atoms. The SMILES string of the molecule is CN(C)[C@@H]1C(=O)C(C(N)=O)=C(O)[C@@]2(O)C(=O)C3=C(O)c4c(O)ccc(/C=C/C(N)=O)c4C[C@H]3C[C@@H]12. The van der Waals surface area contributed by atoms with Gasteiger partial charge in [0.25, 0.3) is 5.91 Å². The van der Waals surface area contributed by atoms with Gasteiger partial charge in [0.05, 0.1) is 11.6 Å². The molecule has 8 N–H and O–H groups in total. The predicted molar refractivity (Wildman–Crippen MR) is 122 cm³/mol. The summed E-state index contributed by atoms with van der Waals surface area (Å²) in [6.07, 6.45) is 2.62. The maximum atomic E-state index is 13.7. The number of nitrogens with zero attached hydrogens (tertiary/aromatic N) is 1. The zero-order valence-electron chi connectivity index (χ0n) is 19.0. The van der Waals surface area contributed by atoms with Crippen LogP contribution in [0, 0.1) is 11.8 Å². The van der Waals surface area contributed by atoms with Crippen LogP contribution in [0.1, 0.15) is 23.1 Å². The number of phenolic OH excluding ortho intramolecular Hbond substituents is 1. The number of likely N-dealkylation sites (N-methyl/N-ethyl adjacent to an activating group) is 1. The van der Waals surface area contributed by atoms with Gasteiger partial charge in [-0.15, -0.1) is 0 Å². The molecule has 11 nitrogen and oxygen atoms in total. The average Bonchev–Trinajstić information content (AvgIpc) is 2.75. The number of rotatable bonds is 4. The molecule has 1 fully saturated rings. The maximum Gasteiger partial charge on any atom is 0.255 e. The predicted octanol–water partition coefficient (Wildman–Crippen LogP) is -0.537. The lowest BCUT2D eigenvalue weighted by atomic mass is 9.57. The van der Waals surface area contributed by atoms with Crippen LogP contribution in [0.2, 0.25) is 0 Å². The highest BCUT2D eigenvalue weighted by molar-refractivity contribution is 6.24. The van der Waals surface area contributed by atoms with Crippen molar-refractivity contribution in [3.05, 3.63) is 51.8 Å². The fraction of sp³-hybridized carbons (Fsp3) is 0.333. The van der Waals surface area contributed by atoms with Crippen LogP contribution in [-0.2, 0) is 25.6 Å². The summed E-state index contributed by atoms with van der Waals surface area (Å²) < 4.78 is 0. The van der Waals surface area contributed by atoms with E-state index in [0.717, 1.165) is 6.08 Å². The second-order valence-corrected chi connectivity index (χ2v) is 9.22. The zero-order chi connectivity index (χ0) is 26.0. The number of fused-ring (bicyclic) bond motifs is 3.